The monoisotopic (exact) mass is 969 g/mol. The summed E-state index contributed by atoms with van der Waals surface area (Å²) in [5, 5.41) is 60.0. The van der Waals surface area contributed by atoms with Crippen molar-refractivity contribution in [3.63, 3.8) is 0 Å². The lowest BCUT2D eigenvalue weighted by Gasteiger charge is -2.51. The molecule has 0 aliphatic carbocycles. The summed E-state index contributed by atoms with van der Waals surface area (Å²) in [6.45, 7) is 18.1. The summed E-state index contributed by atoms with van der Waals surface area (Å²) in [4.78, 5) is 18.2. The van der Waals surface area contributed by atoms with Gasteiger partial charge in [-0.1, -0.05) is 50.9 Å². The molecule has 16 nitrogen and oxygen atoms in total. The van der Waals surface area contributed by atoms with Gasteiger partial charge < -0.3 is 54.1 Å². The number of rotatable bonds is 11. The van der Waals surface area contributed by atoms with Crippen LogP contribution in [0.1, 0.15) is 94.9 Å². The third-order valence-corrected chi connectivity index (χ3v) is 16.2. The zero-order valence-electron chi connectivity index (χ0n) is 39.9. The van der Waals surface area contributed by atoms with Crippen molar-refractivity contribution in [2.45, 2.75) is 184 Å². The van der Waals surface area contributed by atoms with Crippen molar-refractivity contribution >= 4 is 39.2 Å². The Labute approximate surface area is 391 Å². The van der Waals surface area contributed by atoms with E-state index < -0.39 is 118 Å². The first-order valence-electron chi connectivity index (χ1n) is 22.6. The third kappa shape index (κ3) is 12.7. The number of halogens is 2. The number of aliphatic hydroxyl groups is 5. The molecule has 3 aliphatic rings. The number of esters is 1. The molecule has 0 amide bonds. The minimum atomic E-state index is -3.97. The lowest BCUT2D eigenvalue weighted by molar-refractivity contribution is -0.302. The van der Waals surface area contributed by atoms with Gasteiger partial charge in [0.1, 0.15) is 30.0 Å². The minimum absolute atomic E-state index is 0.0117. The number of methoxy groups -OCH3 is 1. The first-order valence-corrected chi connectivity index (χ1v) is 24.8. The molecule has 370 valence electrons. The fourth-order valence-electron chi connectivity index (χ4n) is 10.5. The second-order valence-electron chi connectivity index (χ2n) is 19.8. The molecule has 1 aromatic carbocycles. The van der Waals surface area contributed by atoms with Crippen molar-refractivity contribution in [2.24, 2.45) is 23.7 Å². The van der Waals surface area contributed by atoms with Crippen molar-refractivity contribution in [3.8, 4) is 0 Å². The number of hydrogen-bond donors (Lipinski definition) is 6. The van der Waals surface area contributed by atoms with Gasteiger partial charge >= 0.3 is 5.97 Å². The van der Waals surface area contributed by atoms with Crippen LogP contribution in [0.2, 0.25) is 10.0 Å². The zero-order chi connectivity index (χ0) is 48.4. The van der Waals surface area contributed by atoms with Gasteiger partial charge in [0.25, 0.3) is 0 Å². The van der Waals surface area contributed by atoms with E-state index in [1.54, 1.807) is 48.6 Å². The van der Waals surface area contributed by atoms with Gasteiger partial charge in [0.2, 0.25) is 10.0 Å². The van der Waals surface area contributed by atoms with Crippen LogP contribution in [0.15, 0.2) is 23.1 Å². The largest absolute Gasteiger partial charge is 0.459 e. The van der Waals surface area contributed by atoms with Crippen molar-refractivity contribution in [1.82, 2.24) is 14.5 Å². The highest BCUT2D eigenvalue weighted by Gasteiger charge is 2.55. The van der Waals surface area contributed by atoms with E-state index >= 15 is 0 Å². The predicted octanol–water partition coefficient (Wildman–Crippen LogP) is 3.83. The van der Waals surface area contributed by atoms with Crippen LogP contribution in [0.5, 0.6) is 0 Å². The molecule has 0 radical (unpaired) electrons. The van der Waals surface area contributed by atoms with Gasteiger partial charge in [-0.15, -0.1) is 0 Å². The Hall–Kier alpha value is -1.26. The van der Waals surface area contributed by atoms with Crippen LogP contribution >= 0.6 is 23.2 Å². The number of nitrogens with one attached hydrogen (secondary N) is 1. The SMILES string of the molecule is CC[C@H]1OC(=O)[C@H](C)C([C@H]2C[C@@](C)(OC)[C@@H](O)[C@H](C)O2)[C@H](C)[C@@H](O[C@@H]2O[C@H](C)C[C@H](N(C)CCNS(=O)(=O)c3cc(Cl)cc(Cl)c3)[C@H]2O)[C@](C)(O)C[C@@H](C)CN(C)[C@H](C)[C@@H](O)[C@]1(C)O. The van der Waals surface area contributed by atoms with E-state index in [1.165, 1.54) is 32.2 Å². The molecule has 64 heavy (non-hydrogen) atoms. The van der Waals surface area contributed by atoms with Crippen LogP contribution in [0.4, 0.5) is 0 Å². The molecule has 6 N–H and O–H groups in total. The van der Waals surface area contributed by atoms with Gasteiger partial charge in [0.05, 0.1) is 46.4 Å². The minimum Gasteiger partial charge on any atom is -0.459 e. The number of cyclic esters (lactones) is 1. The Kier molecular flexibility index (Phi) is 19.0. The summed E-state index contributed by atoms with van der Waals surface area (Å²) < 4.78 is 60.7. The molecule has 3 saturated heterocycles. The predicted molar refractivity (Wildman–Crippen MR) is 243 cm³/mol. The average molecular weight is 971 g/mol. The van der Waals surface area contributed by atoms with Gasteiger partial charge in [-0.3, -0.25) is 9.69 Å². The van der Waals surface area contributed by atoms with Gasteiger partial charge in [-0.2, -0.15) is 0 Å². The Morgan fingerprint density at radius 3 is 2.16 bits per heavy atom. The van der Waals surface area contributed by atoms with Crippen LogP contribution in [-0.2, 0) is 38.5 Å². The highest BCUT2D eigenvalue weighted by Crippen LogP contribution is 2.45. The summed E-state index contributed by atoms with van der Waals surface area (Å²) in [6.07, 6.45) is -8.11. The maximum atomic E-state index is 14.5. The number of benzene rings is 1. The molecular weight excluding hydrogens is 893 g/mol. The molecule has 3 aliphatic heterocycles. The molecule has 3 fully saturated rings. The number of nitrogens with zero attached hydrogens (tertiary/aromatic N) is 2. The molecule has 3 heterocycles. The first-order chi connectivity index (χ1) is 29.5. The highest BCUT2D eigenvalue weighted by atomic mass is 35.5. The second-order valence-corrected chi connectivity index (χ2v) is 22.4. The standard InChI is InChI=1S/C45H77Cl2N3O13S/c1-14-35-45(10,56)38(52)28(6)50(12)23-24(2)21-43(8,55)40(26(4)36(27(5)41(54)62-35)34-22-44(9,59-13)39(53)29(7)61-34)63-42-37(51)33(17-25(3)60-42)49(11)16-15-48-64(57,58)32-19-30(46)18-31(47)20-32/h18-20,24-29,33-40,42,48,51-53,55-56H,14-17,21-23H2,1-13H3/t24-,25-,26+,27-,28-,29+,33+,34-,35-,36?,37-,38-,39+,40-,42+,43-,44-,45-/m1/s1. The topological polar surface area (TPSA) is 217 Å². The van der Waals surface area contributed by atoms with Crippen molar-refractivity contribution in [2.75, 3.05) is 40.8 Å². The number of carbonyl (C=O) groups is 1. The molecule has 0 bridgehead atoms. The summed E-state index contributed by atoms with van der Waals surface area (Å²) in [7, 11) is 1.12. The van der Waals surface area contributed by atoms with Crippen LogP contribution in [-0.4, -0.2) is 175 Å². The van der Waals surface area contributed by atoms with Crippen LogP contribution in [0.25, 0.3) is 0 Å². The van der Waals surface area contributed by atoms with E-state index in [0.29, 0.717) is 13.0 Å². The van der Waals surface area contributed by atoms with Gasteiger partial charge in [0.15, 0.2) is 6.29 Å². The van der Waals surface area contributed by atoms with Crippen LogP contribution in [0, 0.1) is 23.7 Å². The normalized spacial score (nSPS) is 42.8. The fraction of sp³-hybridized carbons (Fsp3) is 0.844. The Balaban J connectivity index is 1.75. The lowest BCUT2D eigenvalue weighted by atomic mass is 9.68. The van der Waals surface area contributed by atoms with E-state index in [1.807, 2.05) is 37.6 Å². The Morgan fingerprint density at radius 2 is 1.58 bits per heavy atom. The number of sulfonamides is 1. The van der Waals surface area contributed by atoms with Gasteiger partial charge in [-0.05, 0) is 105 Å². The van der Waals surface area contributed by atoms with E-state index in [2.05, 4.69) is 4.72 Å². The Morgan fingerprint density at radius 1 is 0.969 bits per heavy atom. The van der Waals surface area contributed by atoms with E-state index in [4.69, 9.17) is 46.9 Å². The molecule has 1 aromatic rings. The van der Waals surface area contributed by atoms with Crippen LogP contribution in [0.3, 0.4) is 0 Å². The summed E-state index contributed by atoms with van der Waals surface area (Å²) in [6, 6.07) is 2.89. The van der Waals surface area contributed by atoms with Crippen molar-refractivity contribution in [1.29, 1.82) is 0 Å². The molecular formula is C45H77Cl2N3O13S. The maximum absolute atomic E-state index is 14.5. The van der Waals surface area contributed by atoms with Gasteiger partial charge in [0, 0.05) is 61.2 Å². The van der Waals surface area contributed by atoms with E-state index in [9.17, 15) is 38.7 Å². The second kappa shape index (κ2) is 22.0. The third-order valence-electron chi connectivity index (χ3n) is 14.4. The van der Waals surface area contributed by atoms with Crippen molar-refractivity contribution < 1.29 is 62.4 Å². The van der Waals surface area contributed by atoms with Gasteiger partial charge in [-0.25, -0.2) is 13.1 Å². The Bertz CT molecular complexity index is 1790. The maximum Gasteiger partial charge on any atom is 0.309 e. The summed E-state index contributed by atoms with van der Waals surface area (Å²) in [5.41, 5.74) is -4.56. The first kappa shape index (κ1) is 55.3. The van der Waals surface area contributed by atoms with Crippen LogP contribution < -0.4 is 4.72 Å². The smallest absolute Gasteiger partial charge is 0.309 e. The lowest BCUT2D eigenvalue weighted by Crippen LogP contribution is -2.62. The number of likely N-dealkylation sites (N-methyl/N-ethyl adjacent to an activating group) is 2. The number of hydrogen-bond acceptors (Lipinski definition) is 15. The molecule has 0 aromatic heterocycles. The van der Waals surface area contributed by atoms with Crippen molar-refractivity contribution in [3.05, 3.63) is 28.2 Å². The summed E-state index contributed by atoms with van der Waals surface area (Å²) in [5.74, 6) is -3.35. The molecule has 0 saturated carbocycles. The summed E-state index contributed by atoms with van der Waals surface area (Å²) >= 11 is 12.1. The fourth-order valence-corrected chi connectivity index (χ4v) is 12.2. The number of ether oxygens (including phenoxy) is 5. The highest BCUT2D eigenvalue weighted by molar-refractivity contribution is 7.89. The number of carbonyl (C=O) groups excluding carboxylic acids is 1. The molecule has 0 spiro atoms. The number of aliphatic hydroxyl groups excluding tert-OH is 3. The molecule has 1 unspecified atom stereocenters. The zero-order valence-corrected chi connectivity index (χ0v) is 42.2. The molecule has 18 atom stereocenters. The van der Waals surface area contributed by atoms with E-state index in [0.717, 1.165) is 0 Å². The average Bonchev–Trinajstić information content (AvgIpc) is 3.19. The quantitative estimate of drug-likeness (QED) is 0.174. The van der Waals surface area contributed by atoms with E-state index in [-0.39, 0.29) is 53.2 Å². The molecule has 19 heteroatoms. The molecule has 4 rings (SSSR count).